The van der Waals surface area contributed by atoms with Crippen molar-refractivity contribution in [1.82, 2.24) is 0 Å². The average Bonchev–Trinajstić information content (AvgIpc) is 2.40. The SMILES string of the molecule is C=COC(=O)C(=C)C.C=COC(=O)C(=C)C.OCCO. The Morgan fingerprint density at radius 3 is 1.20 bits per heavy atom. The summed E-state index contributed by atoms with van der Waals surface area (Å²) in [6.07, 6.45) is 2.16. The molecule has 0 unspecified atom stereocenters. The number of carbonyl (C=O) groups excluding carboxylic acids is 2. The maximum atomic E-state index is 10.3. The zero-order valence-corrected chi connectivity index (χ0v) is 11.9. The van der Waals surface area contributed by atoms with E-state index in [2.05, 4.69) is 35.8 Å². The standard InChI is InChI=1S/2C6H8O2.C2H6O2/c2*1-4-8-6(7)5(2)3;3-1-2-4/h2*4H,1-2H2,3H3;3-4H,1-2H2. The van der Waals surface area contributed by atoms with E-state index >= 15 is 0 Å². The van der Waals surface area contributed by atoms with E-state index in [-0.39, 0.29) is 13.2 Å². The first-order valence-electron chi connectivity index (χ1n) is 5.44. The molecule has 0 rings (SSSR count). The van der Waals surface area contributed by atoms with Crippen LogP contribution in [-0.2, 0) is 19.1 Å². The van der Waals surface area contributed by atoms with E-state index in [0.717, 1.165) is 12.5 Å². The van der Waals surface area contributed by atoms with Gasteiger partial charge in [0.2, 0.25) is 0 Å². The summed E-state index contributed by atoms with van der Waals surface area (Å²) in [6.45, 7) is 16.0. The first-order chi connectivity index (χ1) is 9.28. The Labute approximate surface area is 119 Å². The molecule has 0 saturated heterocycles. The van der Waals surface area contributed by atoms with Crippen molar-refractivity contribution in [2.75, 3.05) is 13.2 Å². The minimum absolute atomic E-state index is 0.125. The van der Waals surface area contributed by atoms with Crippen LogP contribution in [0.15, 0.2) is 50.0 Å². The van der Waals surface area contributed by atoms with Crippen molar-refractivity contribution in [2.24, 2.45) is 0 Å². The second kappa shape index (κ2) is 16.8. The topological polar surface area (TPSA) is 93.1 Å². The van der Waals surface area contributed by atoms with Crippen LogP contribution >= 0.6 is 0 Å². The van der Waals surface area contributed by atoms with Crippen molar-refractivity contribution in [3.05, 3.63) is 50.0 Å². The Morgan fingerprint density at radius 1 is 0.900 bits per heavy atom. The number of hydrogen-bond acceptors (Lipinski definition) is 6. The van der Waals surface area contributed by atoms with Gasteiger partial charge in [0.05, 0.1) is 25.7 Å². The molecule has 0 aromatic heterocycles. The summed E-state index contributed by atoms with van der Waals surface area (Å²) in [5, 5.41) is 15.2. The quantitative estimate of drug-likeness (QED) is 0.451. The molecule has 0 heterocycles. The first-order valence-corrected chi connectivity index (χ1v) is 5.44. The highest BCUT2D eigenvalue weighted by atomic mass is 16.5. The van der Waals surface area contributed by atoms with Gasteiger partial charge in [0.1, 0.15) is 0 Å². The van der Waals surface area contributed by atoms with E-state index in [1.807, 2.05) is 0 Å². The van der Waals surface area contributed by atoms with E-state index in [9.17, 15) is 9.59 Å². The van der Waals surface area contributed by atoms with Crippen LogP contribution in [0.2, 0.25) is 0 Å². The molecule has 0 aliphatic heterocycles. The van der Waals surface area contributed by atoms with E-state index in [1.165, 1.54) is 0 Å². The number of aliphatic hydroxyl groups is 2. The zero-order chi connectivity index (χ0) is 16.6. The Bertz CT molecular complexity index is 310. The van der Waals surface area contributed by atoms with Gasteiger partial charge in [0.25, 0.3) is 0 Å². The van der Waals surface area contributed by atoms with E-state index in [1.54, 1.807) is 13.8 Å². The van der Waals surface area contributed by atoms with Gasteiger partial charge < -0.3 is 19.7 Å². The molecule has 0 radical (unpaired) electrons. The van der Waals surface area contributed by atoms with E-state index < -0.39 is 11.9 Å². The summed E-state index contributed by atoms with van der Waals surface area (Å²) in [7, 11) is 0. The molecule has 2 N–H and O–H groups in total. The first kappa shape index (κ1) is 23.0. The second-order valence-electron chi connectivity index (χ2n) is 3.15. The number of esters is 2. The Morgan fingerprint density at radius 2 is 1.15 bits per heavy atom. The maximum absolute atomic E-state index is 10.3. The molecule has 0 aliphatic rings. The third-order valence-electron chi connectivity index (χ3n) is 1.18. The molecule has 0 aromatic carbocycles. The highest BCUT2D eigenvalue weighted by Crippen LogP contribution is 1.90. The minimum Gasteiger partial charge on any atom is -0.432 e. The van der Waals surface area contributed by atoms with Crippen LogP contribution in [0.1, 0.15) is 13.8 Å². The molecule has 0 aromatic rings. The summed E-state index contributed by atoms with van der Waals surface area (Å²) >= 11 is 0. The van der Waals surface area contributed by atoms with Crippen LogP contribution in [-0.4, -0.2) is 35.4 Å². The van der Waals surface area contributed by atoms with Crippen molar-refractivity contribution in [2.45, 2.75) is 13.8 Å². The molecule has 114 valence electrons. The molecule has 0 saturated carbocycles. The maximum Gasteiger partial charge on any atom is 0.337 e. The van der Waals surface area contributed by atoms with Gasteiger partial charge in [-0.25, -0.2) is 9.59 Å². The zero-order valence-electron chi connectivity index (χ0n) is 11.9. The number of ether oxygens (including phenoxy) is 2. The monoisotopic (exact) mass is 286 g/mol. The third kappa shape index (κ3) is 21.1. The van der Waals surface area contributed by atoms with Gasteiger partial charge in [0, 0.05) is 11.1 Å². The molecule has 0 spiro atoms. The lowest BCUT2D eigenvalue weighted by molar-refractivity contribution is -0.134. The Balaban J connectivity index is -0.000000230. The van der Waals surface area contributed by atoms with Gasteiger partial charge in [-0.2, -0.15) is 0 Å². The highest BCUT2D eigenvalue weighted by molar-refractivity contribution is 5.87. The number of aliphatic hydroxyl groups excluding tert-OH is 2. The summed E-state index contributed by atoms with van der Waals surface area (Å²) in [5.74, 6) is -0.861. The third-order valence-corrected chi connectivity index (χ3v) is 1.18. The summed E-state index contributed by atoms with van der Waals surface area (Å²) < 4.78 is 8.66. The molecular weight excluding hydrogens is 264 g/mol. The van der Waals surface area contributed by atoms with Gasteiger partial charge in [-0.05, 0) is 13.8 Å². The van der Waals surface area contributed by atoms with Crippen molar-refractivity contribution < 1.29 is 29.3 Å². The molecule has 0 atom stereocenters. The summed E-state index contributed by atoms with van der Waals surface area (Å²) in [5.41, 5.74) is 0.759. The van der Waals surface area contributed by atoms with Crippen molar-refractivity contribution >= 4 is 11.9 Å². The molecule has 0 amide bonds. The van der Waals surface area contributed by atoms with Gasteiger partial charge in [-0.3, -0.25) is 0 Å². The Hall–Kier alpha value is -2.18. The number of hydrogen-bond donors (Lipinski definition) is 2. The highest BCUT2D eigenvalue weighted by Gasteiger charge is 1.97. The largest absolute Gasteiger partial charge is 0.432 e. The molecule has 6 nitrogen and oxygen atoms in total. The Kier molecular flexibility index (Phi) is 19.3. The normalized spacial score (nSPS) is 7.60. The fourth-order valence-electron chi connectivity index (χ4n) is 0.353. The fourth-order valence-corrected chi connectivity index (χ4v) is 0.353. The molecule has 20 heavy (non-hydrogen) atoms. The lowest BCUT2D eigenvalue weighted by Gasteiger charge is -1.92. The van der Waals surface area contributed by atoms with E-state index in [4.69, 9.17) is 10.2 Å². The van der Waals surface area contributed by atoms with Gasteiger partial charge in [-0.15, -0.1) is 0 Å². The summed E-state index contributed by atoms with van der Waals surface area (Å²) in [6, 6.07) is 0. The van der Waals surface area contributed by atoms with Gasteiger partial charge in [0.15, 0.2) is 0 Å². The van der Waals surface area contributed by atoms with Crippen molar-refractivity contribution in [3.8, 4) is 0 Å². The van der Waals surface area contributed by atoms with E-state index in [0.29, 0.717) is 11.1 Å². The molecule has 0 aliphatic carbocycles. The smallest absolute Gasteiger partial charge is 0.337 e. The predicted molar refractivity (Wildman–Crippen MR) is 76.4 cm³/mol. The lowest BCUT2D eigenvalue weighted by Crippen LogP contribution is -1.98. The second-order valence-corrected chi connectivity index (χ2v) is 3.15. The molecular formula is C14H22O6. The number of rotatable bonds is 5. The van der Waals surface area contributed by atoms with Crippen LogP contribution in [0.4, 0.5) is 0 Å². The van der Waals surface area contributed by atoms with Crippen LogP contribution in [0.25, 0.3) is 0 Å². The number of carbonyl (C=O) groups is 2. The van der Waals surface area contributed by atoms with Crippen LogP contribution in [0.3, 0.4) is 0 Å². The van der Waals surface area contributed by atoms with Crippen LogP contribution in [0.5, 0.6) is 0 Å². The predicted octanol–water partition coefficient (Wildman–Crippen LogP) is 1.47. The molecule has 6 heteroatoms. The van der Waals surface area contributed by atoms with Gasteiger partial charge in [-0.1, -0.05) is 26.3 Å². The molecule has 0 fully saturated rings. The minimum atomic E-state index is -0.431. The van der Waals surface area contributed by atoms with Crippen molar-refractivity contribution in [3.63, 3.8) is 0 Å². The summed E-state index contributed by atoms with van der Waals surface area (Å²) in [4.78, 5) is 20.7. The van der Waals surface area contributed by atoms with Crippen molar-refractivity contribution in [1.29, 1.82) is 0 Å². The lowest BCUT2D eigenvalue weighted by atomic mass is 10.4. The van der Waals surface area contributed by atoms with Gasteiger partial charge >= 0.3 is 11.9 Å². The van der Waals surface area contributed by atoms with Crippen LogP contribution in [0, 0.1) is 0 Å². The molecule has 0 bridgehead atoms. The fraction of sp³-hybridized carbons (Fsp3) is 0.286. The van der Waals surface area contributed by atoms with Crippen LogP contribution < -0.4 is 0 Å². The average molecular weight is 286 g/mol.